The molecule has 0 aliphatic carbocycles. The predicted octanol–water partition coefficient (Wildman–Crippen LogP) is 1.05. The number of hydrogen-bond donors (Lipinski definition) is 2. The van der Waals surface area contributed by atoms with Gasteiger partial charge in [0.15, 0.2) is 5.71 Å². The Kier molecular flexibility index (Phi) is 4.24. The van der Waals surface area contributed by atoms with Gasteiger partial charge in [-0.15, -0.1) is 0 Å². The van der Waals surface area contributed by atoms with Crippen LogP contribution in [0.4, 0.5) is 5.69 Å². The predicted molar refractivity (Wildman–Crippen MR) is 98.8 cm³/mol. The van der Waals surface area contributed by atoms with Gasteiger partial charge in [-0.3, -0.25) is 9.80 Å². The minimum absolute atomic E-state index is 0.101. The Morgan fingerprint density at radius 1 is 1.08 bits per heavy atom. The van der Waals surface area contributed by atoms with Crippen molar-refractivity contribution in [2.45, 2.75) is 13.5 Å². The van der Waals surface area contributed by atoms with Crippen LogP contribution in [0.1, 0.15) is 16.7 Å². The number of benzene rings is 2. The molecule has 0 saturated carbocycles. The van der Waals surface area contributed by atoms with Crippen molar-refractivity contribution in [1.29, 1.82) is 0 Å². The van der Waals surface area contributed by atoms with Crippen LogP contribution in [0, 0.1) is 6.92 Å². The molecule has 128 valence electrons. The summed E-state index contributed by atoms with van der Waals surface area (Å²) in [4.78, 5) is 13.7. The molecule has 2 aromatic carbocycles. The smallest absolute Gasteiger partial charge is 0.276 e. The summed E-state index contributed by atoms with van der Waals surface area (Å²) in [6, 6.07) is 16.5. The topological polar surface area (TPSA) is 49.1 Å². The Labute approximate surface area is 147 Å². The van der Waals surface area contributed by atoms with E-state index in [0.717, 1.165) is 44.0 Å². The molecule has 0 unspecified atom stereocenters. The lowest BCUT2D eigenvalue weighted by molar-refractivity contribution is -0.918. The van der Waals surface area contributed by atoms with Crippen molar-refractivity contribution in [2.75, 3.05) is 31.5 Å². The van der Waals surface area contributed by atoms with Crippen LogP contribution < -0.4 is 10.2 Å². The summed E-state index contributed by atoms with van der Waals surface area (Å²) in [5.41, 5.74) is 4.98. The van der Waals surface area contributed by atoms with Gasteiger partial charge in [0, 0.05) is 11.1 Å². The van der Waals surface area contributed by atoms with Crippen LogP contribution >= 0.6 is 0 Å². The van der Waals surface area contributed by atoms with Crippen LogP contribution in [0.5, 0.6) is 0 Å². The van der Waals surface area contributed by atoms with E-state index in [-0.39, 0.29) is 5.91 Å². The first-order valence-corrected chi connectivity index (χ1v) is 8.82. The van der Waals surface area contributed by atoms with Gasteiger partial charge in [-0.2, -0.15) is 5.10 Å². The second-order valence-corrected chi connectivity index (χ2v) is 6.81. The molecule has 5 nitrogen and oxygen atoms in total. The third-order valence-electron chi connectivity index (χ3n) is 4.91. The van der Waals surface area contributed by atoms with Crippen molar-refractivity contribution in [3.8, 4) is 0 Å². The first-order valence-electron chi connectivity index (χ1n) is 8.82. The van der Waals surface area contributed by atoms with Crippen LogP contribution in [0.3, 0.4) is 0 Å². The van der Waals surface area contributed by atoms with E-state index >= 15 is 0 Å². The number of nitrogens with one attached hydrogen (secondary N) is 2. The molecule has 0 radical (unpaired) electrons. The maximum absolute atomic E-state index is 12.2. The molecular formula is C20H23N4O+. The number of nitrogens with zero attached hydrogens (tertiary/aromatic N) is 2. The van der Waals surface area contributed by atoms with E-state index < -0.39 is 0 Å². The second-order valence-electron chi connectivity index (χ2n) is 6.81. The summed E-state index contributed by atoms with van der Waals surface area (Å²) in [5.74, 6) is -0.101. The van der Waals surface area contributed by atoms with E-state index in [1.807, 2.05) is 29.3 Å². The average molecular weight is 335 g/mol. The minimum atomic E-state index is -0.101. The number of para-hydroxylation sites is 1. The number of fused-ring (bicyclic) bond motifs is 1. The maximum Gasteiger partial charge on any atom is 0.276 e. The van der Waals surface area contributed by atoms with Crippen LogP contribution in [0.15, 0.2) is 53.6 Å². The van der Waals surface area contributed by atoms with E-state index in [0.29, 0.717) is 5.71 Å². The lowest BCUT2D eigenvalue weighted by atomic mass is 10.1. The fourth-order valence-electron chi connectivity index (χ4n) is 3.43. The van der Waals surface area contributed by atoms with Gasteiger partial charge in [-0.25, -0.2) is 0 Å². The molecule has 2 N–H and O–H groups in total. The number of amides is 1. The summed E-state index contributed by atoms with van der Waals surface area (Å²) < 4.78 is 0. The Morgan fingerprint density at radius 2 is 1.80 bits per heavy atom. The van der Waals surface area contributed by atoms with Crippen LogP contribution in [-0.2, 0) is 11.3 Å². The number of anilines is 1. The lowest BCUT2D eigenvalue weighted by Crippen LogP contribution is -3.13. The highest BCUT2D eigenvalue weighted by Gasteiger charge is 2.27. The highest BCUT2D eigenvalue weighted by atomic mass is 16.2. The number of carbonyl (C=O) groups is 1. The molecule has 1 amide bonds. The first kappa shape index (κ1) is 15.8. The fourth-order valence-corrected chi connectivity index (χ4v) is 3.43. The van der Waals surface area contributed by atoms with E-state index in [1.54, 1.807) is 4.90 Å². The van der Waals surface area contributed by atoms with Crippen molar-refractivity contribution in [3.63, 3.8) is 0 Å². The summed E-state index contributed by atoms with van der Waals surface area (Å²) in [6.07, 6.45) is 0. The third kappa shape index (κ3) is 3.42. The monoisotopic (exact) mass is 335 g/mol. The van der Waals surface area contributed by atoms with Crippen LogP contribution in [0.2, 0.25) is 0 Å². The zero-order valence-corrected chi connectivity index (χ0v) is 14.5. The highest BCUT2D eigenvalue weighted by molar-refractivity contribution is 6.53. The number of quaternary nitrogens is 1. The zero-order chi connectivity index (χ0) is 17.2. The van der Waals surface area contributed by atoms with Gasteiger partial charge in [-0.05, 0) is 13.0 Å². The number of rotatable bonds is 3. The Balaban J connectivity index is 1.39. The average Bonchev–Trinajstić information content (AvgIpc) is 2.94. The minimum Gasteiger partial charge on any atom is -0.328 e. The van der Waals surface area contributed by atoms with E-state index in [1.165, 1.54) is 11.1 Å². The van der Waals surface area contributed by atoms with Gasteiger partial charge < -0.3 is 10.2 Å². The molecule has 0 spiro atoms. The largest absolute Gasteiger partial charge is 0.328 e. The Bertz CT molecular complexity index is 805. The molecule has 1 saturated heterocycles. The molecule has 5 heteroatoms. The van der Waals surface area contributed by atoms with E-state index in [2.05, 4.69) is 41.6 Å². The number of carbonyl (C=O) groups excluding carboxylic acids is 1. The standard InChI is InChI=1S/C20H22N4O/c1-15-6-8-16(9-7-15)14-23-10-12-24(13-11-23)22-19-17-4-2-3-5-18(17)21-20(19)25/h2-9H,10-14H2,1H3,(H,21,22,25)/p+1. The molecule has 0 bridgehead atoms. The van der Waals surface area contributed by atoms with Crippen molar-refractivity contribution in [3.05, 3.63) is 65.2 Å². The number of hydrogen-bond acceptors (Lipinski definition) is 3. The number of aryl methyl sites for hydroxylation is 1. The van der Waals surface area contributed by atoms with Crippen molar-refractivity contribution < 1.29 is 9.69 Å². The molecule has 2 heterocycles. The number of hydrazone groups is 1. The quantitative estimate of drug-likeness (QED) is 0.881. The van der Waals surface area contributed by atoms with Crippen LogP contribution in [-0.4, -0.2) is 42.8 Å². The molecule has 2 aliphatic heterocycles. The second kappa shape index (κ2) is 6.69. The van der Waals surface area contributed by atoms with Crippen molar-refractivity contribution in [1.82, 2.24) is 5.01 Å². The van der Waals surface area contributed by atoms with Gasteiger partial charge in [0.05, 0.1) is 31.9 Å². The summed E-state index contributed by atoms with van der Waals surface area (Å²) in [5, 5.41) is 9.55. The fraction of sp³-hybridized carbons (Fsp3) is 0.300. The van der Waals surface area contributed by atoms with Gasteiger partial charge in [0.2, 0.25) is 0 Å². The molecule has 2 aromatic rings. The first-order chi connectivity index (χ1) is 12.2. The normalized spacial score (nSPS) is 19.2. The molecule has 0 atom stereocenters. The Hall–Kier alpha value is -2.66. The molecule has 2 aliphatic rings. The molecule has 0 aromatic heterocycles. The molecular weight excluding hydrogens is 312 g/mol. The van der Waals surface area contributed by atoms with Gasteiger partial charge in [0.1, 0.15) is 6.54 Å². The number of piperazine rings is 1. The third-order valence-corrected chi connectivity index (χ3v) is 4.91. The summed E-state index contributed by atoms with van der Waals surface area (Å²) in [6.45, 7) is 6.99. The summed E-state index contributed by atoms with van der Waals surface area (Å²) in [7, 11) is 0. The van der Waals surface area contributed by atoms with Gasteiger partial charge in [-0.1, -0.05) is 48.0 Å². The van der Waals surface area contributed by atoms with Gasteiger partial charge >= 0.3 is 0 Å². The van der Waals surface area contributed by atoms with Crippen molar-refractivity contribution in [2.24, 2.45) is 5.10 Å². The van der Waals surface area contributed by atoms with Gasteiger partial charge in [0.25, 0.3) is 5.91 Å². The van der Waals surface area contributed by atoms with E-state index in [9.17, 15) is 4.79 Å². The lowest BCUT2D eigenvalue weighted by Gasteiger charge is -2.30. The summed E-state index contributed by atoms with van der Waals surface area (Å²) >= 11 is 0. The SMILES string of the molecule is Cc1ccc(C[NH+]2CCN(/N=C3\C(=O)Nc4ccccc43)CC2)cc1. The van der Waals surface area contributed by atoms with Crippen LogP contribution in [0.25, 0.3) is 0 Å². The molecule has 4 rings (SSSR count). The zero-order valence-electron chi connectivity index (χ0n) is 14.5. The Morgan fingerprint density at radius 3 is 2.56 bits per heavy atom. The van der Waals surface area contributed by atoms with E-state index in [4.69, 9.17) is 0 Å². The molecule has 1 fully saturated rings. The maximum atomic E-state index is 12.2. The van der Waals surface area contributed by atoms with Crippen molar-refractivity contribution >= 4 is 17.3 Å². The molecule has 25 heavy (non-hydrogen) atoms. The highest BCUT2D eigenvalue weighted by Crippen LogP contribution is 2.23.